The van der Waals surface area contributed by atoms with Crippen LogP contribution in [0.5, 0.6) is 0 Å². The smallest absolute Gasteiger partial charge is 0.339 e. The quantitative estimate of drug-likeness (QED) is 0.182. The summed E-state index contributed by atoms with van der Waals surface area (Å²) in [7, 11) is 1.32. The van der Waals surface area contributed by atoms with Gasteiger partial charge in [-0.3, -0.25) is 38.3 Å². The second-order valence-corrected chi connectivity index (χ2v) is 11.8. The molecule has 8 aromatic rings. The Hall–Kier alpha value is -8.14. The highest BCUT2D eigenvalue weighted by molar-refractivity contribution is 5.93. The second kappa shape index (κ2) is 14.8. The van der Waals surface area contributed by atoms with Crippen LogP contribution in [0, 0.1) is 0 Å². The maximum Gasteiger partial charge on any atom is 0.339 e. The number of hydrogen-bond acceptors (Lipinski definition) is 11. The summed E-state index contributed by atoms with van der Waals surface area (Å²) in [5.74, 6) is -2.63. The summed E-state index contributed by atoms with van der Waals surface area (Å²) in [5.41, 5.74) is 18.6. The van der Waals surface area contributed by atoms with Gasteiger partial charge in [0.15, 0.2) is 0 Å². The maximum atomic E-state index is 11.6. The predicted molar refractivity (Wildman–Crippen MR) is 199 cm³/mol. The van der Waals surface area contributed by atoms with E-state index in [0.717, 1.165) is 22.3 Å². The highest BCUT2D eigenvalue weighted by Crippen LogP contribution is 2.31. The number of rotatable bonds is 8. The number of carbonyl (C=O) groups excluding carboxylic acids is 3. The first kappa shape index (κ1) is 35.3. The first-order valence-corrected chi connectivity index (χ1v) is 16.3. The molecule has 0 atom stereocenters. The number of fused-ring (bicyclic) bond motifs is 2. The van der Waals surface area contributed by atoms with Gasteiger partial charge >= 0.3 is 11.9 Å². The Morgan fingerprint density at radius 2 is 1.05 bits per heavy atom. The third-order valence-corrected chi connectivity index (χ3v) is 8.43. The van der Waals surface area contributed by atoms with Gasteiger partial charge in [0.2, 0.25) is 0 Å². The number of nitrogens with two attached hydrogens (primary N) is 2. The molecule has 0 fully saturated rings. The van der Waals surface area contributed by atoms with Gasteiger partial charge < -0.3 is 21.3 Å². The molecule has 0 saturated heterocycles. The molecule has 0 radical (unpaired) electrons. The van der Waals surface area contributed by atoms with Crippen LogP contribution in [0.3, 0.4) is 0 Å². The Morgan fingerprint density at radius 1 is 0.582 bits per heavy atom. The molecule has 5 N–H and O–H groups in total. The number of nitrogens with zero attached hydrogens (tertiary/aromatic N) is 8. The van der Waals surface area contributed by atoms with Crippen LogP contribution in [0.25, 0.3) is 56.3 Å². The third kappa shape index (κ3) is 7.05. The number of pyridine rings is 6. The van der Waals surface area contributed by atoms with E-state index in [4.69, 9.17) is 21.3 Å². The zero-order chi connectivity index (χ0) is 38.6. The monoisotopic (exact) mass is 732 g/mol. The fourth-order valence-electron chi connectivity index (χ4n) is 5.76. The van der Waals surface area contributed by atoms with Gasteiger partial charge in [0.05, 0.1) is 53.4 Å². The van der Waals surface area contributed by atoms with Gasteiger partial charge in [-0.15, -0.1) is 0 Å². The number of carboxylic acid groups (broad SMARTS) is 1. The zero-order valence-electron chi connectivity index (χ0n) is 28.8. The molecule has 0 spiro atoms. The topological polar surface area (TPSA) is 236 Å². The lowest BCUT2D eigenvalue weighted by Gasteiger charge is -2.10. The minimum absolute atomic E-state index is 0.0992. The standard InChI is InChI=1S/C20H15N5O3.C19H13N5O3/c1-28-20(27)12-4-6-15(23-9-12)18-14(3-2-8-22-18)13-5-7-17-24-10-16(19(21)26)25(17)11-13;20-18(25)15-9-23-16-6-4-12(10-24(15)16)13-2-1-7-21-17(13)14-5-3-11(8-22-14)19(26)27/h2-11H,1H3,(H2,21,26);1-10H,(H2,20,25)(H,26,27). The van der Waals surface area contributed by atoms with Crippen LogP contribution in [0.15, 0.2) is 122 Å². The number of primary amides is 2. The van der Waals surface area contributed by atoms with Crippen molar-refractivity contribution in [3.63, 3.8) is 0 Å². The van der Waals surface area contributed by atoms with Crippen molar-refractivity contribution in [2.45, 2.75) is 0 Å². The van der Waals surface area contributed by atoms with E-state index in [9.17, 15) is 19.2 Å². The number of methoxy groups -OCH3 is 1. The van der Waals surface area contributed by atoms with Crippen LogP contribution in [0.2, 0.25) is 0 Å². The van der Waals surface area contributed by atoms with Crippen molar-refractivity contribution < 1.29 is 29.0 Å². The summed E-state index contributed by atoms with van der Waals surface area (Å²) in [4.78, 5) is 71.6. The first-order chi connectivity index (χ1) is 26.6. The average molecular weight is 733 g/mol. The highest BCUT2D eigenvalue weighted by atomic mass is 16.5. The second-order valence-electron chi connectivity index (χ2n) is 11.8. The van der Waals surface area contributed by atoms with E-state index >= 15 is 0 Å². The Morgan fingerprint density at radius 3 is 1.45 bits per heavy atom. The SMILES string of the molecule is COC(=O)c1ccc(-c2ncccc2-c2ccc3ncc(C(N)=O)n3c2)nc1.NC(=O)c1cnc2ccc(-c3cccnc3-c3ccc(C(=O)O)cn3)cn12. The van der Waals surface area contributed by atoms with Gasteiger partial charge in [-0.2, -0.15) is 0 Å². The van der Waals surface area contributed by atoms with Crippen LogP contribution in [0.1, 0.15) is 41.7 Å². The van der Waals surface area contributed by atoms with Gasteiger partial charge in [0.1, 0.15) is 22.7 Å². The van der Waals surface area contributed by atoms with Crippen LogP contribution in [-0.4, -0.2) is 74.7 Å². The molecule has 8 aromatic heterocycles. The summed E-state index contributed by atoms with van der Waals surface area (Å²) in [6, 6.07) is 21.1. The van der Waals surface area contributed by atoms with Gasteiger partial charge in [-0.25, -0.2) is 19.6 Å². The Labute approximate surface area is 310 Å². The fraction of sp³-hybridized carbons (Fsp3) is 0.0256. The van der Waals surface area contributed by atoms with Gasteiger partial charge in [0, 0.05) is 59.4 Å². The maximum absolute atomic E-state index is 11.6. The van der Waals surface area contributed by atoms with E-state index < -0.39 is 23.8 Å². The van der Waals surface area contributed by atoms with Gasteiger partial charge in [-0.1, -0.05) is 12.1 Å². The van der Waals surface area contributed by atoms with Crippen molar-refractivity contribution in [2.24, 2.45) is 11.5 Å². The molecule has 0 saturated carbocycles. The van der Waals surface area contributed by atoms with Crippen molar-refractivity contribution in [3.05, 3.63) is 145 Å². The molecule has 0 aliphatic heterocycles. The van der Waals surface area contributed by atoms with Crippen molar-refractivity contribution in [3.8, 4) is 45.0 Å². The predicted octanol–water partition coefficient (Wildman–Crippen LogP) is 4.60. The molecular weight excluding hydrogens is 704 g/mol. The molecule has 0 bridgehead atoms. The summed E-state index contributed by atoms with van der Waals surface area (Å²) in [6.45, 7) is 0. The van der Waals surface area contributed by atoms with E-state index in [1.165, 1.54) is 38.0 Å². The first-order valence-electron chi connectivity index (χ1n) is 16.3. The molecule has 270 valence electrons. The van der Waals surface area contributed by atoms with Crippen molar-refractivity contribution in [1.29, 1.82) is 0 Å². The van der Waals surface area contributed by atoms with Crippen LogP contribution in [0.4, 0.5) is 0 Å². The lowest BCUT2D eigenvalue weighted by molar-refractivity contribution is 0.0599. The number of aromatic carboxylic acids is 1. The summed E-state index contributed by atoms with van der Waals surface area (Å²) < 4.78 is 7.96. The largest absolute Gasteiger partial charge is 0.478 e. The van der Waals surface area contributed by atoms with Crippen LogP contribution >= 0.6 is 0 Å². The third-order valence-electron chi connectivity index (χ3n) is 8.43. The number of amides is 2. The van der Waals surface area contributed by atoms with E-state index in [1.54, 1.807) is 70.0 Å². The molecule has 0 aliphatic carbocycles. The molecular formula is C39H28N10O6. The summed E-state index contributed by atoms with van der Waals surface area (Å²) in [5, 5.41) is 9.03. The molecule has 16 heteroatoms. The molecule has 55 heavy (non-hydrogen) atoms. The highest BCUT2D eigenvalue weighted by Gasteiger charge is 2.16. The van der Waals surface area contributed by atoms with Gasteiger partial charge in [-0.05, 0) is 60.7 Å². The number of imidazole rings is 2. The summed E-state index contributed by atoms with van der Waals surface area (Å²) in [6.07, 6.45) is 12.5. The van der Waals surface area contributed by atoms with E-state index in [0.29, 0.717) is 45.3 Å². The van der Waals surface area contributed by atoms with Crippen LogP contribution < -0.4 is 11.5 Å². The lowest BCUT2D eigenvalue weighted by atomic mass is 10.0. The number of aromatic nitrogens is 8. The normalized spacial score (nSPS) is 10.8. The summed E-state index contributed by atoms with van der Waals surface area (Å²) >= 11 is 0. The van der Waals surface area contributed by atoms with E-state index in [1.807, 2.05) is 30.3 Å². The Bertz CT molecular complexity index is 2760. The minimum atomic E-state index is -1.04. The van der Waals surface area contributed by atoms with E-state index in [2.05, 4.69) is 29.9 Å². The van der Waals surface area contributed by atoms with Crippen molar-refractivity contribution >= 4 is 35.0 Å². The number of ether oxygens (including phenoxy) is 1. The van der Waals surface area contributed by atoms with E-state index in [-0.39, 0.29) is 11.3 Å². The molecule has 16 nitrogen and oxygen atoms in total. The molecule has 8 heterocycles. The number of carboxylic acids is 1. The van der Waals surface area contributed by atoms with Crippen molar-refractivity contribution in [1.82, 2.24) is 38.7 Å². The lowest BCUT2D eigenvalue weighted by Crippen LogP contribution is -2.13. The fourth-order valence-corrected chi connectivity index (χ4v) is 5.76. The van der Waals surface area contributed by atoms with Crippen LogP contribution in [-0.2, 0) is 4.74 Å². The number of hydrogen-bond donors (Lipinski definition) is 3. The molecule has 0 unspecified atom stereocenters. The van der Waals surface area contributed by atoms with Gasteiger partial charge in [0.25, 0.3) is 11.8 Å². The van der Waals surface area contributed by atoms with Crippen molar-refractivity contribution in [2.75, 3.05) is 7.11 Å². The average Bonchev–Trinajstić information content (AvgIpc) is 3.85. The zero-order valence-corrected chi connectivity index (χ0v) is 28.8. The number of esters is 1. The minimum Gasteiger partial charge on any atom is -0.478 e. The molecule has 0 aliphatic rings. The number of carbonyl (C=O) groups is 4. The Kier molecular flexibility index (Phi) is 9.52. The molecule has 8 rings (SSSR count). The Balaban J connectivity index is 0.000000169. The molecule has 2 amide bonds. The molecule has 0 aromatic carbocycles.